The smallest absolute Gasteiger partial charge is 0.250 e. The number of hydrogen-bond donors (Lipinski definition) is 1. The standard InChI is InChI=1S/C19H16ClNO2/c1-11(2)12-5-9-15(10-6-12)21-17-16(18(22)19(17)23)13-3-7-14(20)8-4-13/h3-11,21H,1-2H3. The number of nitrogens with one attached hydrogen (secondary N) is 1. The molecule has 116 valence electrons. The lowest BCUT2D eigenvalue weighted by Crippen LogP contribution is -2.35. The minimum absolute atomic E-state index is 0.342. The zero-order chi connectivity index (χ0) is 16.6. The van der Waals surface area contributed by atoms with Gasteiger partial charge in [0.1, 0.15) is 5.69 Å². The van der Waals surface area contributed by atoms with Crippen LogP contribution in [0, 0.1) is 0 Å². The molecule has 0 radical (unpaired) electrons. The molecule has 0 spiro atoms. The van der Waals surface area contributed by atoms with Crippen LogP contribution >= 0.6 is 11.6 Å². The third-order valence-electron chi connectivity index (χ3n) is 3.89. The van der Waals surface area contributed by atoms with Crippen LogP contribution in [0.25, 0.3) is 11.1 Å². The molecular formula is C19H16ClNO2. The molecule has 0 aliphatic rings. The lowest BCUT2D eigenvalue weighted by Gasteiger charge is -2.14. The molecule has 3 nitrogen and oxygen atoms in total. The van der Waals surface area contributed by atoms with Crippen LogP contribution in [0.15, 0.2) is 58.1 Å². The van der Waals surface area contributed by atoms with Crippen molar-refractivity contribution in [3.63, 3.8) is 0 Å². The third-order valence-corrected chi connectivity index (χ3v) is 4.14. The van der Waals surface area contributed by atoms with E-state index in [4.69, 9.17) is 11.6 Å². The Morgan fingerprint density at radius 2 is 1.48 bits per heavy atom. The van der Waals surface area contributed by atoms with Gasteiger partial charge in [-0.2, -0.15) is 0 Å². The quantitative estimate of drug-likeness (QED) is 0.720. The molecule has 0 unspecified atom stereocenters. The molecule has 0 fully saturated rings. The Morgan fingerprint density at radius 3 is 2.04 bits per heavy atom. The van der Waals surface area contributed by atoms with Crippen LogP contribution in [0.3, 0.4) is 0 Å². The van der Waals surface area contributed by atoms with Crippen LogP contribution in [-0.4, -0.2) is 0 Å². The summed E-state index contributed by atoms with van der Waals surface area (Å²) < 4.78 is 0. The average molecular weight is 326 g/mol. The second-order valence-corrected chi connectivity index (χ2v) is 6.25. The molecule has 3 aromatic rings. The summed E-state index contributed by atoms with van der Waals surface area (Å²) in [5.41, 5.74) is 2.52. The molecule has 3 aromatic carbocycles. The van der Waals surface area contributed by atoms with Crippen LogP contribution in [-0.2, 0) is 0 Å². The normalized spacial score (nSPS) is 11.1. The molecule has 0 saturated heterocycles. The van der Waals surface area contributed by atoms with Crippen molar-refractivity contribution in [3.05, 3.63) is 79.6 Å². The molecule has 0 heterocycles. The van der Waals surface area contributed by atoms with Crippen LogP contribution in [0.5, 0.6) is 0 Å². The molecule has 0 amide bonds. The Bertz CT molecular complexity index is 902. The Labute approximate surface area is 139 Å². The predicted molar refractivity (Wildman–Crippen MR) is 95.6 cm³/mol. The number of hydrogen-bond acceptors (Lipinski definition) is 3. The summed E-state index contributed by atoms with van der Waals surface area (Å²) in [4.78, 5) is 23.8. The van der Waals surface area contributed by atoms with Crippen LogP contribution in [0.1, 0.15) is 25.3 Å². The van der Waals surface area contributed by atoms with Crippen molar-refractivity contribution in [2.45, 2.75) is 19.8 Å². The molecule has 0 aliphatic heterocycles. The molecular weight excluding hydrogens is 310 g/mol. The lowest BCUT2D eigenvalue weighted by molar-refractivity contribution is 0.867. The van der Waals surface area contributed by atoms with Gasteiger partial charge in [0.25, 0.3) is 5.43 Å². The Kier molecular flexibility index (Phi) is 4.05. The Balaban J connectivity index is 1.92. The van der Waals surface area contributed by atoms with Gasteiger partial charge in [-0.15, -0.1) is 0 Å². The van der Waals surface area contributed by atoms with Gasteiger partial charge in [-0.1, -0.05) is 49.7 Å². The molecule has 3 rings (SSSR count). The summed E-state index contributed by atoms with van der Waals surface area (Å²) in [6.07, 6.45) is 0. The first kappa shape index (κ1) is 15.5. The average Bonchev–Trinajstić information content (AvgIpc) is 2.56. The maximum absolute atomic E-state index is 11.9. The number of benzene rings is 2. The van der Waals surface area contributed by atoms with E-state index in [1.807, 2.05) is 24.3 Å². The van der Waals surface area contributed by atoms with Crippen molar-refractivity contribution in [2.75, 3.05) is 5.32 Å². The monoisotopic (exact) mass is 325 g/mol. The van der Waals surface area contributed by atoms with Gasteiger partial charge in [-0.3, -0.25) is 9.59 Å². The van der Waals surface area contributed by atoms with Gasteiger partial charge in [0, 0.05) is 10.7 Å². The number of rotatable bonds is 4. The fourth-order valence-electron chi connectivity index (χ4n) is 2.50. The van der Waals surface area contributed by atoms with Gasteiger partial charge in [0.05, 0.1) is 5.56 Å². The molecule has 1 N–H and O–H groups in total. The van der Waals surface area contributed by atoms with Crippen molar-refractivity contribution in [3.8, 4) is 11.1 Å². The molecule has 0 aliphatic carbocycles. The highest BCUT2D eigenvalue weighted by molar-refractivity contribution is 6.30. The second kappa shape index (κ2) is 6.01. The van der Waals surface area contributed by atoms with E-state index in [2.05, 4.69) is 19.2 Å². The van der Waals surface area contributed by atoms with Crippen LogP contribution < -0.4 is 16.2 Å². The van der Waals surface area contributed by atoms with Crippen molar-refractivity contribution in [1.82, 2.24) is 0 Å². The van der Waals surface area contributed by atoms with Gasteiger partial charge in [0.15, 0.2) is 0 Å². The number of anilines is 2. The first-order valence-electron chi connectivity index (χ1n) is 7.43. The minimum Gasteiger partial charge on any atom is -0.352 e. The van der Waals surface area contributed by atoms with Crippen molar-refractivity contribution < 1.29 is 0 Å². The maximum Gasteiger partial charge on any atom is 0.250 e. The highest BCUT2D eigenvalue weighted by Crippen LogP contribution is 2.28. The summed E-state index contributed by atoms with van der Waals surface area (Å²) >= 11 is 5.87. The van der Waals surface area contributed by atoms with Gasteiger partial charge in [0.2, 0.25) is 5.43 Å². The van der Waals surface area contributed by atoms with Crippen LogP contribution in [0.4, 0.5) is 11.4 Å². The highest BCUT2D eigenvalue weighted by Gasteiger charge is 2.22. The van der Waals surface area contributed by atoms with Gasteiger partial charge in [-0.25, -0.2) is 0 Å². The molecule has 23 heavy (non-hydrogen) atoms. The van der Waals surface area contributed by atoms with Gasteiger partial charge in [-0.05, 0) is 41.3 Å². The van der Waals surface area contributed by atoms with E-state index < -0.39 is 10.9 Å². The van der Waals surface area contributed by atoms with Crippen molar-refractivity contribution >= 4 is 23.0 Å². The fraction of sp³-hybridized carbons (Fsp3) is 0.158. The van der Waals surface area contributed by atoms with E-state index in [1.54, 1.807) is 24.3 Å². The van der Waals surface area contributed by atoms with E-state index >= 15 is 0 Å². The minimum atomic E-state index is -0.483. The Hall–Kier alpha value is -2.39. The summed E-state index contributed by atoms with van der Waals surface area (Å²) in [6, 6.07) is 14.7. The first-order chi connectivity index (χ1) is 11.0. The maximum atomic E-state index is 11.9. The zero-order valence-electron chi connectivity index (χ0n) is 12.9. The number of halogens is 1. The van der Waals surface area contributed by atoms with Gasteiger partial charge >= 0.3 is 0 Å². The summed E-state index contributed by atoms with van der Waals surface area (Å²) in [5.74, 6) is 0.444. The van der Waals surface area contributed by atoms with E-state index in [0.717, 1.165) is 5.69 Å². The second-order valence-electron chi connectivity index (χ2n) is 5.82. The Morgan fingerprint density at radius 1 is 0.870 bits per heavy atom. The summed E-state index contributed by atoms with van der Waals surface area (Å²) in [7, 11) is 0. The van der Waals surface area contributed by atoms with E-state index in [0.29, 0.717) is 27.8 Å². The predicted octanol–water partition coefficient (Wildman–Crippen LogP) is 4.47. The molecule has 0 aromatic heterocycles. The van der Waals surface area contributed by atoms with Crippen molar-refractivity contribution in [1.29, 1.82) is 0 Å². The zero-order valence-corrected chi connectivity index (χ0v) is 13.6. The SMILES string of the molecule is CC(C)c1ccc(Nc2c(-c3ccc(Cl)cc3)c(=O)c2=O)cc1. The lowest BCUT2D eigenvalue weighted by atomic mass is 9.98. The molecule has 0 atom stereocenters. The largest absolute Gasteiger partial charge is 0.352 e. The molecule has 0 saturated carbocycles. The van der Waals surface area contributed by atoms with Crippen molar-refractivity contribution in [2.24, 2.45) is 0 Å². The molecule has 4 heteroatoms. The fourth-order valence-corrected chi connectivity index (χ4v) is 2.62. The third kappa shape index (κ3) is 2.92. The highest BCUT2D eigenvalue weighted by atomic mass is 35.5. The first-order valence-corrected chi connectivity index (χ1v) is 7.81. The summed E-state index contributed by atoms with van der Waals surface area (Å²) in [6.45, 7) is 4.25. The van der Waals surface area contributed by atoms with E-state index in [1.165, 1.54) is 5.56 Å². The summed E-state index contributed by atoms with van der Waals surface area (Å²) in [5, 5.41) is 3.65. The van der Waals surface area contributed by atoms with E-state index in [-0.39, 0.29) is 0 Å². The van der Waals surface area contributed by atoms with E-state index in [9.17, 15) is 9.59 Å². The molecule has 0 bridgehead atoms. The van der Waals surface area contributed by atoms with Crippen LogP contribution in [0.2, 0.25) is 5.02 Å². The topological polar surface area (TPSA) is 46.2 Å². The van der Waals surface area contributed by atoms with Gasteiger partial charge < -0.3 is 5.32 Å².